The maximum atomic E-state index is 10.2. The molecule has 2 aromatic carbocycles. The molecule has 1 atom stereocenters. The monoisotopic (exact) mass is 307 g/mol. The smallest absolute Gasteiger partial charge is 0.116 e. The van der Waals surface area contributed by atoms with E-state index in [1.54, 1.807) is 18.3 Å². The number of fused-ring (bicyclic) bond motifs is 1. The van der Waals surface area contributed by atoms with E-state index in [4.69, 9.17) is 0 Å². The predicted molar refractivity (Wildman–Crippen MR) is 92.5 cm³/mol. The number of nitrogens with zero attached hydrogens (tertiary/aromatic N) is 1. The average molecular weight is 307 g/mol. The molecule has 0 spiro atoms. The molecule has 3 heteroatoms. The lowest BCUT2D eigenvalue weighted by atomic mass is 9.99. The first-order valence-corrected chi connectivity index (χ1v) is 7.99. The van der Waals surface area contributed by atoms with Crippen LogP contribution < -0.4 is 0 Å². The van der Waals surface area contributed by atoms with E-state index in [0.29, 0.717) is 0 Å². The molecule has 0 aliphatic carbocycles. The lowest BCUT2D eigenvalue weighted by Gasteiger charge is -2.11. The van der Waals surface area contributed by atoms with Gasteiger partial charge in [0.1, 0.15) is 5.75 Å². The Balaban J connectivity index is 1.54. The molecular weight excluding hydrogens is 286 g/mol. The van der Waals surface area contributed by atoms with Crippen LogP contribution >= 0.6 is 0 Å². The van der Waals surface area contributed by atoms with Crippen LogP contribution in [0.3, 0.4) is 0 Å². The van der Waals surface area contributed by atoms with Crippen LogP contribution in [0.15, 0.2) is 60.9 Å². The molecule has 0 aliphatic rings. The van der Waals surface area contributed by atoms with Crippen molar-refractivity contribution in [1.29, 1.82) is 0 Å². The van der Waals surface area contributed by atoms with E-state index >= 15 is 0 Å². The Bertz CT molecular complexity index is 771. The molecular formula is C20H21NO2. The number of hydrogen-bond acceptors (Lipinski definition) is 3. The van der Waals surface area contributed by atoms with Crippen molar-refractivity contribution in [1.82, 2.24) is 4.98 Å². The topological polar surface area (TPSA) is 53.4 Å². The highest BCUT2D eigenvalue weighted by molar-refractivity contribution is 5.84. The third-order valence-electron chi connectivity index (χ3n) is 4.14. The highest BCUT2D eigenvalue weighted by atomic mass is 16.3. The number of hydrogen-bond donors (Lipinski definition) is 2. The first-order chi connectivity index (χ1) is 11.2. The summed E-state index contributed by atoms with van der Waals surface area (Å²) in [5, 5.41) is 21.8. The largest absolute Gasteiger partial charge is 0.508 e. The van der Waals surface area contributed by atoms with Gasteiger partial charge in [-0.15, -0.1) is 0 Å². The van der Waals surface area contributed by atoms with E-state index in [2.05, 4.69) is 17.1 Å². The first kappa shape index (κ1) is 15.5. The minimum atomic E-state index is -0.300. The second kappa shape index (κ2) is 7.25. The second-order valence-corrected chi connectivity index (χ2v) is 5.96. The molecule has 0 bridgehead atoms. The molecule has 118 valence electrons. The number of aromatic nitrogens is 1. The SMILES string of the molecule is Oc1ccc2cc(CCC(O)CCc3cccnc3)ccc2c1. The summed E-state index contributed by atoms with van der Waals surface area (Å²) in [6, 6.07) is 15.6. The van der Waals surface area contributed by atoms with Crippen molar-refractivity contribution in [3.05, 3.63) is 72.1 Å². The average Bonchev–Trinajstić information content (AvgIpc) is 2.59. The number of phenols is 1. The maximum absolute atomic E-state index is 10.2. The van der Waals surface area contributed by atoms with Gasteiger partial charge in [-0.25, -0.2) is 0 Å². The Hall–Kier alpha value is -2.39. The molecule has 0 aliphatic heterocycles. The number of phenolic OH excluding ortho intramolecular Hbond substituents is 1. The van der Waals surface area contributed by atoms with E-state index in [0.717, 1.165) is 42.0 Å². The summed E-state index contributed by atoms with van der Waals surface area (Å²) >= 11 is 0. The quantitative estimate of drug-likeness (QED) is 0.727. The molecule has 0 fully saturated rings. The van der Waals surface area contributed by atoms with Gasteiger partial charge in [0, 0.05) is 12.4 Å². The summed E-state index contributed by atoms with van der Waals surface area (Å²) in [6.07, 6.45) is 6.53. The third kappa shape index (κ3) is 4.30. The number of pyridine rings is 1. The van der Waals surface area contributed by atoms with Crippen LogP contribution in [0.25, 0.3) is 10.8 Å². The van der Waals surface area contributed by atoms with Crippen LogP contribution in [-0.4, -0.2) is 21.3 Å². The van der Waals surface area contributed by atoms with Crippen molar-refractivity contribution in [3.8, 4) is 5.75 Å². The molecule has 1 unspecified atom stereocenters. The summed E-state index contributed by atoms with van der Waals surface area (Å²) in [5.74, 6) is 0.288. The molecule has 2 N–H and O–H groups in total. The summed E-state index contributed by atoms with van der Waals surface area (Å²) in [5.41, 5.74) is 2.38. The Kier molecular flexibility index (Phi) is 4.89. The number of aryl methyl sites for hydroxylation is 2. The van der Waals surface area contributed by atoms with E-state index in [-0.39, 0.29) is 11.9 Å². The van der Waals surface area contributed by atoms with E-state index in [1.165, 1.54) is 5.56 Å². The fraction of sp³-hybridized carbons (Fsp3) is 0.250. The third-order valence-corrected chi connectivity index (χ3v) is 4.14. The van der Waals surface area contributed by atoms with Gasteiger partial charge in [0.2, 0.25) is 0 Å². The van der Waals surface area contributed by atoms with Crippen molar-refractivity contribution >= 4 is 10.8 Å². The van der Waals surface area contributed by atoms with Gasteiger partial charge in [-0.05, 0) is 65.8 Å². The van der Waals surface area contributed by atoms with Gasteiger partial charge >= 0.3 is 0 Å². The summed E-state index contributed by atoms with van der Waals surface area (Å²) in [7, 11) is 0. The molecule has 23 heavy (non-hydrogen) atoms. The van der Waals surface area contributed by atoms with Crippen molar-refractivity contribution in [2.75, 3.05) is 0 Å². The van der Waals surface area contributed by atoms with Crippen molar-refractivity contribution < 1.29 is 10.2 Å². The fourth-order valence-corrected chi connectivity index (χ4v) is 2.80. The van der Waals surface area contributed by atoms with Crippen molar-refractivity contribution in [3.63, 3.8) is 0 Å². The fourth-order valence-electron chi connectivity index (χ4n) is 2.80. The Morgan fingerprint density at radius 2 is 1.61 bits per heavy atom. The normalized spacial score (nSPS) is 12.4. The van der Waals surface area contributed by atoms with Crippen LogP contribution in [0.5, 0.6) is 5.75 Å². The van der Waals surface area contributed by atoms with Gasteiger partial charge in [-0.3, -0.25) is 4.98 Å². The second-order valence-electron chi connectivity index (χ2n) is 5.96. The Morgan fingerprint density at radius 1 is 0.870 bits per heavy atom. The molecule has 0 amide bonds. The van der Waals surface area contributed by atoms with Crippen LogP contribution in [0.2, 0.25) is 0 Å². The zero-order chi connectivity index (χ0) is 16.1. The van der Waals surface area contributed by atoms with E-state index in [1.807, 2.05) is 30.5 Å². The Morgan fingerprint density at radius 3 is 2.39 bits per heavy atom. The van der Waals surface area contributed by atoms with Gasteiger partial charge < -0.3 is 10.2 Å². The van der Waals surface area contributed by atoms with Crippen molar-refractivity contribution in [2.45, 2.75) is 31.8 Å². The maximum Gasteiger partial charge on any atom is 0.116 e. The molecule has 0 saturated carbocycles. The lowest BCUT2D eigenvalue weighted by Crippen LogP contribution is -2.09. The van der Waals surface area contributed by atoms with Gasteiger partial charge in [0.05, 0.1) is 6.10 Å². The van der Waals surface area contributed by atoms with Gasteiger partial charge in [0.25, 0.3) is 0 Å². The van der Waals surface area contributed by atoms with E-state index < -0.39 is 0 Å². The predicted octanol–water partition coefficient (Wildman–Crippen LogP) is 3.87. The zero-order valence-corrected chi connectivity index (χ0v) is 13.0. The van der Waals surface area contributed by atoms with Crippen LogP contribution in [0.4, 0.5) is 0 Å². The van der Waals surface area contributed by atoms with Crippen LogP contribution in [0, 0.1) is 0 Å². The van der Waals surface area contributed by atoms with Crippen LogP contribution in [0.1, 0.15) is 24.0 Å². The number of aliphatic hydroxyl groups is 1. The molecule has 0 radical (unpaired) electrons. The Labute approximate surface area is 136 Å². The van der Waals surface area contributed by atoms with Crippen LogP contribution in [-0.2, 0) is 12.8 Å². The number of aromatic hydroxyl groups is 1. The summed E-state index contributed by atoms with van der Waals surface area (Å²) in [6.45, 7) is 0. The van der Waals surface area contributed by atoms with Gasteiger partial charge in [0.15, 0.2) is 0 Å². The summed E-state index contributed by atoms with van der Waals surface area (Å²) < 4.78 is 0. The molecule has 3 aromatic rings. The van der Waals surface area contributed by atoms with Gasteiger partial charge in [-0.2, -0.15) is 0 Å². The van der Waals surface area contributed by atoms with Crippen molar-refractivity contribution in [2.24, 2.45) is 0 Å². The van der Waals surface area contributed by atoms with E-state index in [9.17, 15) is 10.2 Å². The molecule has 1 aromatic heterocycles. The minimum Gasteiger partial charge on any atom is -0.508 e. The number of benzene rings is 2. The highest BCUT2D eigenvalue weighted by Gasteiger charge is 2.06. The van der Waals surface area contributed by atoms with Gasteiger partial charge in [-0.1, -0.05) is 30.3 Å². The molecule has 1 heterocycles. The minimum absolute atomic E-state index is 0.288. The molecule has 0 saturated heterocycles. The highest BCUT2D eigenvalue weighted by Crippen LogP contribution is 2.22. The molecule has 3 nitrogen and oxygen atoms in total. The first-order valence-electron chi connectivity index (χ1n) is 7.99. The lowest BCUT2D eigenvalue weighted by molar-refractivity contribution is 0.155. The molecule has 3 rings (SSSR count). The summed E-state index contributed by atoms with van der Waals surface area (Å²) in [4.78, 5) is 4.09. The number of aliphatic hydroxyl groups excluding tert-OH is 1. The standard InChI is InChI=1S/C20H21NO2/c22-19(9-5-16-2-1-11-21-14-16)8-4-15-3-6-18-13-20(23)10-7-17(18)12-15/h1-3,6-7,10-14,19,22-23H,4-5,8-9H2. The number of rotatable bonds is 6. The zero-order valence-electron chi connectivity index (χ0n) is 13.0.